The van der Waals surface area contributed by atoms with Crippen LogP contribution in [-0.4, -0.2) is 17.3 Å². The summed E-state index contributed by atoms with van der Waals surface area (Å²) < 4.78 is 5.04. The van der Waals surface area contributed by atoms with Crippen molar-refractivity contribution in [3.8, 4) is 0 Å². The van der Waals surface area contributed by atoms with Gasteiger partial charge in [0.05, 0.1) is 5.70 Å². The van der Waals surface area contributed by atoms with Gasteiger partial charge in [-0.3, -0.25) is 0 Å². The first-order chi connectivity index (χ1) is 5.49. The van der Waals surface area contributed by atoms with Gasteiger partial charge in [0, 0.05) is 19.6 Å². The van der Waals surface area contributed by atoms with E-state index in [0.29, 0.717) is 12.1 Å². The molecule has 0 radical (unpaired) electrons. The third-order valence-electron chi connectivity index (χ3n) is 1.98. The molecule has 0 fully saturated rings. The quantitative estimate of drug-likeness (QED) is 0.617. The number of rotatable bonds is 1. The Morgan fingerprint density at radius 2 is 2.33 bits per heavy atom. The molecule has 3 N–H and O–H groups in total. The highest BCUT2D eigenvalue weighted by Crippen LogP contribution is 2.35. The highest BCUT2D eigenvalue weighted by Gasteiger charge is 2.34. The Labute approximate surface area is 76.5 Å². The van der Waals surface area contributed by atoms with E-state index >= 15 is 0 Å². The van der Waals surface area contributed by atoms with Gasteiger partial charge in [-0.05, 0) is 12.5 Å². The largest absolute Gasteiger partial charge is 0.508 e. The molecule has 0 amide bonds. The van der Waals surface area contributed by atoms with Gasteiger partial charge in [-0.15, -0.1) is 0 Å². The van der Waals surface area contributed by atoms with Crippen molar-refractivity contribution in [2.24, 2.45) is 5.73 Å². The molecule has 0 aromatic heterocycles. The van der Waals surface area contributed by atoms with Crippen LogP contribution < -0.4 is 5.73 Å². The molecule has 1 unspecified atom stereocenters. The van der Waals surface area contributed by atoms with E-state index < -0.39 is 5.06 Å². The second-order valence-corrected chi connectivity index (χ2v) is 3.49. The lowest BCUT2D eigenvalue weighted by molar-refractivity contribution is 0.0898. The average molecular weight is 190 g/mol. The number of methoxy groups -OCH3 is 1. The molecule has 0 aliphatic heterocycles. The highest BCUT2D eigenvalue weighted by molar-refractivity contribution is 6.25. The predicted molar refractivity (Wildman–Crippen MR) is 47.8 cm³/mol. The molecule has 1 aliphatic carbocycles. The monoisotopic (exact) mass is 189 g/mol. The number of ether oxygens (including phenoxy) is 1. The molecule has 0 spiro atoms. The van der Waals surface area contributed by atoms with E-state index in [4.69, 9.17) is 22.1 Å². The van der Waals surface area contributed by atoms with Crippen molar-refractivity contribution < 1.29 is 9.84 Å². The zero-order valence-electron chi connectivity index (χ0n) is 7.10. The third kappa shape index (κ3) is 1.42. The van der Waals surface area contributed by atoms with Gasteiger partial charge in [-0.25, -0.2) is 0 Å². The lowest BCUT2D eigenvalue weighted by atomic mass is 9.99. The van der Waals surface area contributed by atoms with Gasteiger partial charge in [0.15, 0.2) is 5.06 Å². The number of halogens is 1. The lowest BCUT2D eigenvalue weighted by Crippen LogP contribution is -2.34. The maximum Gasteiger partial charge on any atom is 0.184 e. The first-order valence-corrected chi connectivity index (χ1v) is 3.98. The first-order valence-electron chi connectivity index (χ1n) is 3.60. The molecule has 0 heterocycles. The van der Waals surface area contributed by atoms with E-state index in [0.717, 1.165) is 5.57 Å². The third-order valence-corrected chi connectivity index (χ3v) is 2.48. The standard InChI is InChI=1S/C8H12ClNO2/c1-5-4-8(9,12-2)7(10)3-6(5)11/h3,11H,4,10H2,1-2H3. The molecule has 0 bridgehead atoms. The summed E-state index contributed by atoms with van der Waals surface area (Å²) in [4.78, 5) is 0. The fraction of sp³-hybridized carbons (Fsp3) is 0.500. The smallest absolute Gasteiger partial charge is 0.184 e. The summed E-state index contributed by atoms with van der Waals surface area (Å²) in [7, 11) is 1.49. The number of nitrogens with two attached hydrogens (primary N) is 1. The van der Waals surface area contributed by atoms with Crippen molar-refractivity contribution in [1.82, 2.24) is 0 Å². The van der Waals surface area contributed by atoms with E-state index in [9.17, 15) is 5.11 Å². The van der Waals surface area contributed by atoms with Gasteiger partial charge >= 0.3 is 0 Å². The van der Waals surface area contributed by atoms with Gasteiger partial charge < -0.3 is 15.6 Å². The number of hydrogen-bond acceptors (Lipinski definition) is 3. The lowest BCUT2D eigenvalue weighted by Gasteiger charge is -2.29. The summed E-state index contributed by atoms with van der Waals surface area (Å²) in [5, 5.41) is 8.31. The second-order valence-electron chi connectivity index (χ2n) is 2.87. The van der Waals surface area contributed by atoms with Crippen LogP contribution in [0.25, 0.3) is 0 Å². The van der Waals surface area contributed by atoms with Crippen molar-refractivity contribution in [2.45, 2.75) is 18.4 Å². The van der Waals surface area contributed by atoms with Crippen molar-refractivity contribution >= 4 is 11.6 Å². The first kappa shape index (κ1) is 9.42. The fourth-order valence-corrected chi connectivity index (χ4v) is 1.36. The number of aliphatic hydroxyl groups is 1. The van der Waals surface area contributed by atoms with Crippen molar-refractivity contribution in [1.29, 1.82) is 0 Å². The Bertz CT molecular complexity index is 260. The van der Waals surface area contributed by atoms with Gasteiger partial charge in [0.25, 0.3) is 0 Å². The molecule has 0 saturated carbocycles. The molecule has 0 aromatic carbocycles. The summed E-state index contributed by atoms with van der Waals surface area (Å²) in [5.74, 6) is 0.181. The average Bonchev–Trinajstić information content (AvgIpc) is 2.01. The number of aliphatic hydroxyl groups excluding tert-OH is 1. The summed E-state index contributed by atoms with van der Waals surface area (Å²) in [6.07, 6.45) is 1.84. The summed E-state index contributed by atoms with van der Waals surface area (Å²) in [6.45, 7) is 1.79. The second kappa shape index (κ2) is 2.99. The summed E-state index contributed by atoms with van der Waals surface area (Å²) in [5.41, 5.74) is 6.71. The molecule has 4 heteroatoms. The molecule has 3 nitrogen and oxygen atoms in total. The molecule has 1 atom stereocenters. The molecule has 0 aromatic rings. The topological polar surface area (TPSA) is 55.5 Å². The van der Waals surface area contributed by atoms with Crippen LogP contribution in [-0.2, 0) is 4.74 Å². The molecule has 0 saturated heterocycles. The van der Waals surface area contributed by atoms with E-state index in [2.05, 4.69) is 0 Å². The minimum Gasteiger partial charge on any atom is -0.508 e. The zero-order valence-corrected chi connectivity index (χ0v) is 7.85. The van der Waals surface area contributed by atoms with E-state index in [1.54, 1.807) is 6.92 Å². The van der Waals surface area contributed by atoms with E-state index in [1.807, 2.05) is 0 Å². The molecule has 12 heavy (non-hydrogen) atoms. The number of allylic oxidation sites excluding steroid dienone is 1. The van der Waals surface area contributed by atoms with Crippen LogP contribution in [0.2, 0.25) is 0 Å². The minimum absolute atomic E-state index is 0.181. The maximum absolute atomic E-state index is 9.28. The molecule has 1 aliphatic rings. The summed E-state index contributed by atoms with van der Waals surface area (Å²) in [6, 6.07) is 0. The Hall–Kier alpha value is -0.670. The van der Waals surface area contributed by atoms with Crippen LogP contribution >= 0.6 is 11.6 Å². The maximum atomic E-state index is 9.28. The fourth-order valence-electron chi connectivity index (χ4n) is 1.10. The number of alkyl halides is 1. The Morgan fingerprint density at radius 3 is 2.83 bits per heavy atom. The van der Waals surface area contributed by atoms with Crippen LogP contribution in [0.15, 0.2) is 23.1 Å². The van der Waals surface area contributed by atoms with Crippen LogP contribution in [0.1, 0.15) is 13.3 Å². The molecule has 1 rings (SSSR count). The van der Waals surface area contributed by atoms with Gasteiger partial charge in [0.1, 0.15) is 5.76 Å². The number of hydrogen-bond donors (Lipinski definition) is 2. The normalized spacial score (nSPS) is 30.4. The Morgan fingerprint density at radius 1 is 1.75 bits per heavy atom. The Kier molecular flexibility index (Phi) is 2.35. The zero-order chi connectivity index (χ0) is 9.35. The SMILES string of the molecule is COC1(Cl)CC(C)=C(O)C=C1N. The van der Waals surface area contributed by atoms with Gasteiger partial charge in [0.2, 0.25) is 0 Å². The van der Waals surface area contributed by atoms with Gasteiger partial charge in [-0.1, -0.05) is 11.6 Å². The van der Waals surface area contributed by atoms with E-state index in [-0.39, 0.29) is 5.76 Å². The van der Waals surface area contributed by atoms with Crippen LogP contribution in [0.3, 0.4) is 0 Å². The Balaban J connectivity index is 3.00. The van der Waals surface area contributed by atoms with Gasteiger partial charge in [-0.2, -0.15) is 0 Å². The van der Waals surface area contributed by atoms with E-state index in [1.165, 1.54) is 13.2 Å². The van der Waals surface area contributed by atoms with Crippen molar-refractivity contribution in [2.75, 3.05) is 7.11 Å². The molecular formula is C8H12ClNO2. The predicted octanol–water partition coefficient (Wildman–Crippen LogP) is 1.65. The summed E-state index contributed by atoms with van der Waals surface area (Å²) >= 11 is 6.01. The molecular weight excluding hydrogens is 178 g/mol. The highest BCUT2D eigenvalue weighted by atomic mass is 35.5. The van der Waals surface area contributed by atoms with Crippen LogP contribution in [0, 0.1) is 0 Å². The van der Waals surface area contributed by atoms with Crippen LogP contribution in [0.4, 0.5) is 0 Å². The van der Waals surface area contributed by atoms with Crippen molar-refractivity contribution in [3.05, 3.63) is 23.1 Å². The minimum atomic E-state index is -0.976. The van der Waals surface area contributed by atoms with Crippen molar-refractivity contribution in [3.63, 3.8) is 0 Å². The molecule has 68 valence electrons. The van der Waals surface area contributed by atoms with Crippen LogP contribution in [0.5, 0.6) is 0 Å².